The molecule has 0 saturated carbocycles. The highest BCUT2D eigenvalue weighted by Crippen LogP contribution is 2.22. The Bertz CT molecular complexity index is 541. The molecule has 1 N–H and O–H groups in total. The van der Waals surface area contributed by atoms with Crippen LogP contribution in [-0.4, -0.2) is 18.7 Å². The second-order valence-corrected chi connectivity index (χ2v) is 5.03. The van der Waals surface area contributed by atoms with Gasteiger partial charge in [0.05, 0.1) is 6.54 Å². The average molecular weight is 257 g/mol. The monoisotopic (exact) mass is 257 g/mol. The highest BCUT2D eigenvalue weighted by molar-refractivity contribution is 5.61. The van der Waals surface area contributed by atoms with E-state index in [9.17, 15) is 0 Å². The zero-order chi connectivity index (χ0) is 13.8. The SMILES string of the molecule is CCn1cccc1CNc1ccc(C)c(N(C)C)c1. The number of nitrogens with one attached hydrogen (secondary N) is 1. The summed E-state index contributed by atoms with van der Waals surface area (Å²) in [5, 5.41) is 3.50. The standard InChI is InChI=1S/C16H23N3/c1-5-19-10-6-7-15(19)12-17-14-9-8-13(2)16(11-14)18(3)4/h6-11,17H,5,12H2,1-4H3. The fourth-order valence-electron chi connectivity index (χ4n) is 2.31. The Morgan fingerprint density at radius 3 is 2.68 bits per heavy atom. The number of anilines is 2. The molecule has 0 bridgehead atoms. The maximum absolute atomic E-state index is 3.50. The first-order valence-corrected chi connectivity index (χ1v) is 6.77. The van der Waals surface area contributed by atoms with Gasteiger partial charge < -0.3 is 14.8 Å². The quantitative estimate of drug-likeness (QED) is 0.884. The zero-order valence-electron chi connectivity index (χ0n) is 12.3. The molecule has 0 fully saturated rings. The number of aromatic nitrogens is 1. The Morgan fingerprint density at radius 1 is 1.21 bits per heavy atom. The number of hydrogen-bond acceptors (Lipinski definition) is 2. The second kappa shape index (κ2) is 5.83. The smallest absolute Gasteiger partial charge is 0.0553 e. The van der Waals surface area contributed by atoms with Gasteiger partial charge in [-0.25, -0.2) is 0 Å². The van der Waals surface area contributed by atoms with Crippen molar-refractivity contribution in [1.82, 2.24) is 4.57 Å². The minimum Gasteiger partial charge on any atom is -0.379 e. The van der Waals surface area contributed by atoms with Crippen LogP contribution in [0.4, 0.5) is 11.4 Å². The molecule has 0 unspecified atom stereocenters. The van der Waals surface area contributed by atoms with Crippen LogP contribution in [0.25, 0.3) is 0 Å². The van der Waals surface area contributed by atoms with Gasteiger partial charge in [0.15, 0.2) is 0 Å². The minimum atomic E-state index is 0.858. The number of rotatable bonds is 5. The summed E-state index contributed by atoms with van der Waals surface area (Å²) in [5.74, 6) is 0. The first-order chi connectivity index (χ1) is 9.11. The molecule has 0 aliphatic heterocycles. The summed E-state index contributed by atoms with van der Waals surface area (Å²) >= 11 is 0. The third kappa shape index (κ3) is 3.11. The topological polar surface area (TPSA) is 20.2 Å². The van der Waals surface area contributed by atoms with Crippen molar-refractivity contribution in [2.45, 2.75) is 26.9 Å². The molecule has 1 heterocycles. The van der Waals surface area contributed by atoms with Gasteiger partial charge in [-0.15, -0.1) is 0 Å². The van der Waals surface area contributed by atoms with Gasteiger partial charge in [-0.1, -0.05) is 6.07 Å². The highest BCUT2D eigenvalue weighted by atomic mass is 15.1. The zero-order valence-corrected chi connectivity index (χ0v) is 12.3. The molecule has 0 atom stereocenters. The Hall–Kier alpha value is -1.90. The van der Waals surface area contributed by atoms with E-state index in [1.165, 1.54) is 16.9 Å². The Kier molecular flexibility index (Phi) is 4.15. The first-order valence-electron chi connectivity index (χ1n) is 6.77. The molecule has 0 aliphatic rings. The van der Waals surface area contributed by atoms with Gasteiger partial charge >= 0.3 is 0 Å². The first kappa shape index (κ1) is 13.5. The number of benzene rings is 1. The van der Waals surface area contributed by atoms with E-state index in [1.807, 2.05) is 0 Å². The third-order valence-corrected chi connectivity index (χ3v) is 3.43. The van der Waals surface area contributed by atoms with Crippen LogP contribution in [0, 0.1) is 6.92 Å². The number of nitrogens with zero attached hydrogens (tertiary/aromatic N) is 2. The van der Waals surface area contributed by atoms with E-state index in [0.717, 1.165) is 18.8 Å². The molecule has 19 heavy (non-hydrogen) atoms. The van der Waals surface area contributed by atoms with Crippen LogP contribution in [0.3, 0.4) is 0 Å². The van der Waals surface area contributed by atoms with Crippen molar-refractivity contribution >= 4 is 11.4 Å². The average Bonchev–Trinajstić information content (AvgIpc) is 2.84. The van der Waals surface area contributed by atoms with Crippen LogP contribution < -0.4 is 10.2 Å². The van der Waals surface area contributed by atoms with Gasteiger partial charge in [-0.3, -0.25) is 0 Å². The molecule has 1 aromatic heterocycles. The summed E-state index contributed by atoms with van der Waals surface area (Å²) in [7, 11) is 4.16. The third-order valence-electron chi connectivity index (χ3n) is 3.43. The van der Waals surface area contributed by atoms with Crippen molar-refractivity contribution in [3.63, 3.8) is 0 Å². The highest BCUT2D eigenvalue weighted by Gasteiger charge is 2.03. The summed E-state index contributed by atoms with van der Waals surface area (Å²) in [6.45, 7) is 6.18. The number of aryl methyl sites for hydroxylation is 2. The van der Waals surface area contributed by atoms with E-state index < -0.39 is 0 Å². The minimum absolute atomic E-state index is 0.858. The summed E-state index contributed by atoms with van der Waals surface area (Å²) < 4.78 is 2.26. The van der Waals surface area contributed by atoms with Crippen molar-refractivity contribution in [2.24, 2.45) is 0 Å². The van der Waals surface area contributed by atoms with Gasteiger partial charge in [0, 0.05) is 43.9 Å². The molecular weight excluding hydrogens is 234 g/mol. The summed E-state index contributed by atoms with van der Waals surface area (Å²) in [5.41, 5.74) is 5.04. The van der Waals surface area contributed by atoms with Crippen molar-refractivity contribution in [2.75, 3.05) is 24.3 Å². The van der Waals surface area contributed by atoms with Crippen molar-refractivity contribution in [3.05, 3.63) is 47.8 Å². The Balaban J connectivity index is 2.10. The molecule has 2 rings (SSSR count). The lowest BCUT2D eigenvalue weighted by Crippen LogP contribution is -2.11. The van der Waals surface area contributed by atoms with Gasteiger partial charge in [0.2, 0.25) is 0 Å². The van der Waals surface area contributed by atoms with Crippen LogP contribution in [0.1, 0.15) is 18.2 Å². The Morgan fingerprint density at radius 2 is 2.00 bits per heavy atom. The Labute approximate surface area is 115 Å². The van der Waals surface area contributed by atoms with Crippen LogP contribution in [-0.2, 0) is 13.1 Å². The van der Waals surface area contributed by atoms with Gasteiger partial charge in [-0.2, -0.15) is 0 Å². The molecular formula is C16H23N3. The number of hydrogen-bond donors (Lipinski definition) is 1. The molecule has 3 heteroatoms. The molecule has 0 radical (unpaired) electrons. The van der Waals surface area contributed by atoms with E-state index in [4.69, 9.17) is 0 Å². The van der Waals surface area contributed by atoms with E-state index in [-0.39, 0.29) is 0 Å². The molecule has 3 nitrogen and oxygen atoms in total. The molecule has 0 amide bonds. The molecule has 0 aliphatic carbocycles. The summed E-state index contributed by atoms with van der Waals surface area (Å²) in [6.07, 6.45) is 2.12. The second-order valence-electron chi connectivity index (χ2n) is 5.03. The van der Waals surface area contributed by atoms with Crippen molar-refractivity contribution in [1.29, 1.82) is 0 Å². The largest absolute Gasteiger partial charge is 0.379 e. The lowest BCUT2D eigenvalue weighted by Gasteiger charge is -2.17. The van der Waals surface area contributed by atoms with E-state index in [0.29, 0.717) is 0 Å². The van der Waals surface area contributed by atoms with Crippen LogP contribution in [0.2, 0.25) is 0 Å². The maximum atomic E-state index is 3.50. The lowest BCUT2D eigenvalue weighted by molar-refractivity contribution is 0.724. The van der Waals surface area contributed by atoms with Gasteiger partial charge in [-0.05, 0) is 43.7 Å². The predicted molar refractivity (Wildman–Crippen MR) is 82.9 cm³/mol. The van der Waals surface area contributed by atoms with E-state index in [2.05, 4.69) is 79.3 Å². The van der Waals surface area contributed by atoms with Gasteiger partial charge in [0.25, 0.3) is 0 Å². The fourth-order valence-corrected chi connectivity index (χ4v) is 2.31. The molecule has 102 valence electrons. The van der Waals surface area contributed by atoms with Crippen LogP contribution >= 0.6 is 0 Å². The summed E-state index contributed by atoms with van der Waals surface area (Å²) in [6, 6.07) is 10.8. The molecule has 0 saturated heterocycles. The van der Waals surface area contributed by atoms with Crippen molar-refractivity contribution < 1.29 is 0 Å². The normalized spacial score (nSPS) is 10.5. The molecule has 1 aromatic carbocycles. The predicted octanol–water partition coefficient (Wildman–Crippen LogP) is 3.49. The van der Waals surface area contributed by atoms with Gasteiger partial charge in [0.1, 0.15) is 0 Å². The van der Waals surface area contributed by atoms with E-state index >= 15 is 0 Å². The maximum Gasteiger partial charge on any atom is 0.0553 e. The molecule has 0 spiro atoms. The fraction of sp³-hybridized carbons (Fsp3) is 0.375. The van der Waals surface area contributed by atoms with Crippen LogP contribution in [0.15, 0.2) is 36.5 Å². The van der Waals surface area contributed by atoms with E-state index in [1.54, 1.807) is 0 Å². The molecule has 2 aromatic rings. The summed E-state index contributed by atoms with van der Waals surface area (Å²) in [4.78, 5) is 2.15. The lowest BCUT2D eigenvalue weighted by atomic mass is 10.1. The van der Waals surface area contributed by atoms with Crippen molar-refractivity contribution in [3.8, 4) is 0 Å². The van der Waals surface area contributed by atoms with Crippen LogP contribution in [0.5, 0.6) is 0 Å².